The molecule has 0 spiro atoms. The van der Waals surface area contributed by atoms with E-state index in [1.807, 2.05) is 30.8 Å². The molecule has 0 saturated carbocycles. The molecule has 0 saturated heterocycles. The lowest BCUT2D eigenvalue weighted by atomic mass is 10.1. The van der Waals surface area contributed by atoms with Crippen LogP contribution in [0.1, 0.15) is 39.3 Å². The van der Waals surface area contributed by atoms with Gasteiger partial charge in [0.1, 0.15) is 5.75 Å². The van der Waals surface area contributed by atoms with E-state index in [0.29, 0.717) is 18.7 Å². The molecule has 0 aromatic heterocycles. The van der Waals surface area contributed by atoms with E-state index in [1.165, 1.54) is 11.3 Å². The van der Waals surface area contributed by atoms with Gasteiger partial charge in [-0.05, 0) is 32.6 Å². The Balaban J connectivity index is 2.62. The third-order valence-electron chi connectivity index (χ3n) is 2.79. The third kappa shape index (κ3) is 4.91. The Morgan fingerprint density at radius 3 is 2.61 bits per heavy atom. The molecule has 2 unspecified atom stereocenters. The smallest absolute Gasteiger partial charge is 0.124 e. The van der Waals surface area contributed by atoms with Crippen molar-refractivity contribution in [1.82, 2.24) is 5.32 Å². The standard InChI is InChI=1S/C15H25NOS/c1-5-17-15-10-8-7-9-14(15)13(4)16-12(3)11-18-6-2/h7-10,12-13,16H,5-6,11H2,1-4H3. The summed E-state index contributed by atoms with van der Waals surface area (Å²) in [6.45, 7) is 9.37. The summed E-state index contributed by atoms with van der Waals surface area (Å²) in [4.78, 5) is 0. The van der Waals surface area contributed by atoms with Crippen LogP contribution >= 0.6 is 11.8 Å². The summed E-state index contributed by atoms with van der Waals surface area (Å²) < 4.78 is 5.68. The maximum atomic E-state index is 5.68. The minimum atomic E-state index is 0.320. The van der Waals surface area contributed by atoms with E-state index >= 15 is 0 Å². The van der Waals surface area contributed by atoms with E-state index in [4.69, 9.17) is 4.74 Å². The van der Waals surface area contributed by atoms with E-state index in [0.717, 1.165) is 11.5 Å². The third-order valence-corrected chi connectivity index (χ3v) is 3.94. The minimum absolute atomic E-state index is 0.320. The molecule has 1 rings (SSSR count). The number of rotatable bonds is 8. The van der Waals surface area contributed by atoms with Gasteiger partial charge < -0.3 is 10.1 Å². The number of hydrogen-bond donors (Lipinski definition) is 1. The van der Waals surface area contributed by atoms with Crippen molar-refractivity contribution in [3.8, 4) is 5.75 Å². The largest absolute Gasteiger partial charge is 0.494 e. The van der Waals surface area contributed by atoms with Gasteiger partial charge in [0.15, 0.2) is 0 Å². The van der Waals surface area contributed by atoms with Gasteiger partial charge in [0, 0.05) is 23.4 Å². The number of benzene rings is 1. The molecule has 0 aliphatic heterocycles. The molecule has 3 heteroatoms. The maximum absolute atomic E-state index is 5.68. The van der Waals surface area contributed by atoms with Crippen molar-refractivity contribution >= 4 is 11.8 Å². The van der Waals surface area contributed by atoms with Crippen LogP contribution in [0.2, 0.25) is 0 Å². The molecule has 1 aromatic carbocycles. The van der Waals surface area contributed by atoms with Crippen LogP contribution in [0.25, 0.3) is 0 Å². The predicted molar refractivity (Wildman–Crippen MR) is 81.6 cm³/mol. The average Bonchev–Trinajstić information content (AvgIpc) is 2.37. The van der Waals surface area contributed by atoms with Gasteiger partial charge in [0.2, 0.25) is 0 Å². The Hall–Kier alpha value is -0.670. The van der Waals surface area contributed by atoms with E-state index in [1.54, 1.807) is 0 Å². The fourth-order valence-electron chi connectivity index (χ4n) is 1.98. The zero-order chi connectivity index (χ0) is 13.4. The second-order valence-corrected chi connectivity index (χ2v) is 5.74. The van der Waals surface area contributed by atoms with Crippen LogP contribution < -0.4 is 10.1 Å². The number of para-hydroxylation sites is 1. The van der Waals surface area contributed by atoms with Crippen molar-refractivity contribution in [1.29, 1.82) is 0 Å². The zero-order valence-electron chi connectivity index (χ0n) is 11.9. The highest BCUT2D eigenvalue weighted by Gasteiger charge is 2.13. The molecule has 0 fully saturated rings. The van der Waals surface area contributed by atoms with Crippen LogP contribution in [0.5, 0.6) is 5.75 Å². The fourth-order valence-corrected chi connectivity index (χ4v) is 2.67. The quantitative estimate of drug-likeness (QED) is 0.772. The Kier molecular flexibility index (Phi) is 7.21. The Labute approximate surface area is 116 Å². The molecule has 0 heterocycles. The first kappa shape index (κ1) is 15.4. The summed E-state index contributed by atoms with van der Waals surface area (Å²) in [5.41, 5.74) is 1.24. The van der Waals surface area contributed by atoms with Gasteiger partial charge in [-0.2, -0.15) is 11.8 Å². The van der Waals surface area contributed by atoms with E-state index in [2.05, 4.69) is 38.2 Å². The maximum Gasteiger partial charge on any atom is 0.124 e. The van der Waals surface area contributed by atoms with Gasteiger partial charge in [-0.15, -0.1) is 0 Å². The van der Waals surface area contributed by atoms with E-state index in [-0.39, 0.29) is 0 Å². The van der Waals surface area contributed by atoms with Crippen LogP contribution in [0.3, 0.4) is 0 Å². The molecule has 1 N–H and O–H groups in total. The van der Waals surface area contributed by atoms with Gasteiger partial charge >= 0.3 is 0 Å². The van der Waals surface area contributed by atoms with Crippen molar-refractivity contribution in [3.05, 3.63) is 29.8 Å². The number of hydrogen-bond acceptors (Lipinski definition) is 3. The second-order valence-electron chi connectivity index (χ2n) is 4.42. The van der Waals surface area contributed by atoms with Crippen molar-refractivity contribution in [3.63, 3.8) is 0 Å². The summed E-state index contributed by atoms with van der Waals surface area (Å²) in [6.07, 6.45) is 0. The lowest BCUT2D eigenvalue weighted by molar-refractivity contribution is 0.331. The number of nitrogens with one attached hydrogen (secondary N) is 1. The van der Waals surface area contributed by atoms with Gasteiger partial charge in [0.25, 0.3) is 0 Å². The Bertz CT molecular complexity index is 343. The summed E-state index contributed by atoms with van der Waals surface area (Å²) in [7, 11) is 0. The normalized spacial score (nSPS) is 14.2. The van der Waals surface area contributed by atoms with Crippen molar-refractivity contribution in [2.45, 2.75) is 39.8 Å². The van der Waals surface area contributed by atoms with Gasteiger partial charge in [-0.3, -0.25) is 0 Å². The Morgan fingerprint density at radius 2 is 1.94 bits per heavy atom. The molecule has 0 amide bonds. The molecule has 1 aromatic rings. The minimum Gasteiger partial charge on any atom is -0.494 e. The van der Waals surface area contributed by atoms with Crippen molar-refractivity contribution in [2.24, 2.45) is 0 Å². The van der Waals surface area contributed by atoms with Crippen LogP contribution in [-0.2, 0) is 0 Å². The molecule has 0 aliphatic carbocycles. The highest BCUT2D eigenvalue weighted by Crippen LogP contribution is 2.25. The van der Waals surface area contributed by atoms with Gasteiger partial charge in [0.05, 0.1) is 6.61 Å². The lowest BCUT2D eigenvalue weighted by Gasteiger charge is -2.22. The zero-order valence-corrected chi connectivity index (χ0v) is 12.7. The highest BCUT2D eigenvalue weighted by atomic mass is 32.2. The number of thioether (sulfide) groups is 1. The van der Waals surface area contributed by atoms with Crippen LogP contribution in [0.4, 0.5) is 0 Å². The summed E-state index contributed by atoms with van der Waals surface area (Å²) in [5, 5.41) is 3.63. The first-order chi connectivity index (χ1) is 8.69. The van der Waals surface area contributed by atoms with Crippen molar-refractivity contribution < 1.29 is 4.74 Å². The molecule has 18 heavy (non-hydrogen) atoms. The first-order valence-electron chi connectivity index (χ1n) is 6.74. The lowest BCUT2D eigenvalue weighted by Crippen LogP contribution is -2.31. The topological polar surface area (TPSA) is 21.3 Å². The molecular weight excluding hydrogens is 242 g/mol. The molecule has 2 nitrogen and oxygen atoms in total. The highest BCUT2D eigenvalue weighted by molar-refractivity contribution is 7.99. The second kappa shape index (κ2) is 8.44. The van der Waals surface area contributed by atoms with Gasteiger partial charge in [-0.25, -0.2) is 0 Å². The molecule has 0 radical (unpaired) electrons. The molecule has 0 aliphatic rings. The van der Waals surface area contributed by atoms with Crippen molar-refractivity contribution in [2.75, 3.05) is 18.1 Å². The Morgan fingerprint density at radius 1 is 1.22 bits per heavy atom. The average molecular weight is 267 g/mol. The van der Waals surface area contributed by atoms with Crippen LogP contribution in [-0.4, -0.2) is 24.2 Å². The van der Waals surface area contributed by atoms with E-state index < -0.39 is 0 Å². The van der Waals surface area contributed by atoms with Gasteiger partial charge in [-0.1, -0.05) is 25.1 Å². The van der Waals surface area contributed by atoms with Crippen LogP contribution in [0.15, 0.2) is 24.3 Å². The SMILES string of the molecule is CCOc1ccccc1C(C)NC(C)CSCC. The summed E-state index contributed by atoms with van der Waals surface area (Å²) in [6, 6.07) is 9.11. The summed E-state index contributed by atoms with van der Waals surface area (Å²) in [5.74, 6) is 3.32. The molecule has 102 valence electrons. The predicted octanol–water partition coefficient (Wildman–Crippen LogP) is 3.88. The fraction of sp³-hybridized carbons (Fsp3) is 0.600. The number of ether oxygens (including phenoxy) is 1. The summed E-state index contributed by atoms with van der Waals surface area (Å²) >= 11 is 1.97. The molecule has 2 atom stereocenters. The first-order valence-corrected chi connectivity index (χ1v) is 7.90. The molecule has 0 bridgehead atoms. The molecular formula is C15H25NOS. The van der Waals surface area contributed by atoms with E-state index in [9.17, 15) is 0 Å². The van der Waals surface area contributed by atoms with Crippen LogP contribution in [0, 0.1) is 0 Å². The monoisotopic (exact) mass is 267 g/mol.